The Morgan fingerprint density at radius 3 is 2.61 bits per heavy atom. The van der Waals surface area contributed by atoms with E-state index in [-0.39, 0.29) is 25.9 Å². The van der Waals surface area contributed by atoms with Crippen molar-refractivity contribution in [1.82, 2.24) is 0 Å². The van der Waals surface area contributed by atoms with E-state index in [4.69, 9.17) is 4.74 Å². The van der Waals surface area contributed by atoms with Crippen LogP contribution in [0.5, 0.6) is 0 Å². The minimum atomic E-state index is -2.76. The molecule has 18 heavy (non-hydrogen) atoms. The second-order valence-corrected chi connectivity index (χ2v) is 3.95. The lowest BCUT2D eigenvalue weighted by Gasteiger charge is -2.13. The molecule has 0 saturated heterocycles. The quantitative estimate of drug-likeness (QED) is 0.420. The zero-order valence-electron chi connectivity index (χ0n) is 10.1. The molecule has 0 aliphatic rings. The first-order valence-corrected chi connectivity index (χ1v) is 5.76. The molecule has 0 atom stereocenters. The molecule has 0 amide bonds. The molecule has 1 aromatic rings. The smallest absolute Gasteiger partial charge is 0.338 e. The summed E-state index contributed by atoms with van der Waals surface area (Å²) >= 11 is 0. The van der Waals surface area contributed by atoms with Crippen molar-refractivity contribution in [3.05, 3.63) is 48.6 Å². The summed E-state index contributed by atoms with van der Waals surface area (Å²) in [7, 11) is 0. The summed E-state index contributed by atoms with van der Waals surface area (Å²) in [5.41, 5.74) is 0.426. The van der Waals surface area contributed by atoms with Crippen molar-refractivity contribution in [1.29, 1.82) is 0 Å². The summed E-state index contributed by atoms with van der Waals surface area (Å²) < 4.78 is 31.0. The van der Waals surface area contributed by atoms with Crippen molar-refractivity contribution < 1.29 is 18.3 Å². The first-order chi connectivity index (χ1) is 8.55. The van der Waals surface area contributed by atoms with Crippen molar-refractivity contribution in [2.45, 2.75) is 25.2 Å². The zero-order valence-corrected chi connectivity index (χ0v) is 10.1. The molecule has 0 aromatic heterocycles. The molecule has 0 unspecified atom stereocenters. The van der Waals surface area contributed by atoms with Crippen molar-refractivity contribution >= 4 is 5.97 Å². The molecule has 0 aliphatic carbocycles. The monoisotopic (exact) mass is 254 g/mol. The fourth-order valence-electron chi connectivity index (χ4n) is 1.47. The zero-order chi connectivity index (χ0) is 13.4. The molecule has 0 fully saturated rings. The summed E-state index contributed by atoms with van der Waals surface area (Å²) in [6, 6.07) is 8.46. The Hall–Kier alpha value is -1.71. The lowest BCUT2D eigenvalue weighted by atomic mass is 10.1. The van der Waals surface area contributed by atoms with Crippen molar-refractivity contribution in [2.24, 2.45) is 0 Å². The maximum Gasteiger partial charge on any atom is 0.338 e. The Morgan fingerprint density at radius 2 is 2.00 bits per heavy atom. The van der Waals surface area contributed by atoms with Crippen LogP contribution in [0.2, 0.25) is 0 Å². The summed E-state index contributed by atoms with van der Waals surface area (Å²) in [6.45, 7) is 3.28. The molecule has 0 radical (unpaired) electrons. The topological polar surface area (TPSA) is 26.3 Å². The molecule has 0 aliphatic heterocycles. The van der Waals surface area contributed by atoms with E-state index < -0.39 is 11.9 Å². The third-order valence-electron chi connectivity index (χ3n) is 2.37. The molecule has 0 heterocycles. The third-order valence-corrected chi connectivity index (χ3v) is 2.37. The van der Waals surface area contributed by atoms with Gasteiger partial charge in [-0.25, -0.2) is 13.6 Å². The van der Waals surface area contributed by atoms with Gasteiger partial charge in [0.2, 0.25) is 0 Å². The van der Waals surface area contributed by atoms with Gasteiger partial charge in [0.1, 0.15) is 0 Å². The van der Waals surface area contributed by atoms with E-state index in [2.05, 4.69) is 6.58 Å². The number of hydrogen-bond acceptors (Lipinski definition) is 2. The summed E-state index contributed by atoms with van der Waals surface area (Å²) in [6.07, 6.45) is 0.677. The molecule has 0 N–H and O–H groups in total. The molecule has 0 bridgehead atoms. The lowest BCUT2D eigenvalue weighted by Crippen LogP contribution is -2.16. The van der Waals surface area contributed by atoms with E-state index in [1.807, 2.05) is 0 Å². The highest BCUT2D eigenvalue weighted by Gasteiger charge is 2.26. The molecule has 0 spiro atoms. The second kappa shape index (κ2) is 6.89. The van der Waals surface area contributed by atoms with Gasteiger partial charge in [-0.3, -0.25) is 0 Å². The molecule has 0 saturated carbocycles. The number of carbonyl (C=O) groups excluding carboxylic acids is 1. The average Bonchev–Trinajstić information content (AvgIpc) is 2.35. The van der Waals surface area contributed by atoms with Crippen LogP contribution in [0.3, 0.4) is 0 Å². The highest BCUT2D eigenvalue weighted by atomic mass is 19.3. The normalized spacial score (nSPS) is 11.0. The van der Waals surface area contributed by atoms with E-state index in [1.54, 1.807) is 30.3 Å². The van der Waals surface area contributed by atoms with Crippen molar-refractivity contribution in [3.8, 4) is 0 Å². The Bertz CT molecular complexity index is 388. The minimum absolute atomic E-state index is 0.000457. The molecule has 2 nitrogen and oxygen atoms in total. The van der Waals surface area contributed by atoms with Crippen LogP contribution >= 0.6 is 0 Å². The first-order valence-electron chi connectivity index (χ1n) is 5.76. The Morgan fingerprint density at radius 1 is 1.33 bits per heavy atom. The predicted octanol–water partition coefficient (Wildman–Crippen LogP) is 3.84. The van der Waals surface area contributed by atoms with E-state index >= 15 is 0 Å². The van der Waals surface area contributed by atoms with Gasteiger partial charge in [0, 0.05) is 12.8 Å². The van der Waals surface area contributed by atoms with Gasteiger partial charge >= 0.3 is 5.97 Å². The van der Waals surface area contributed by atoms with E-state index in [0.717, 1.165) is 0 Å². The third kappa shape index (κ3) is 5.08. The number of allylic oxidation sites excluding steroid dienone is 1. The van der Waals surface area contributed by atoms with Crippen molar-refractivity contribution in [3.63, 3.8) is 0 Å². The van der Waals surface area contributed by atoms with Crippen LogP contribution in [0.25, 0.3) is 0 Å². The van der Waals surface area contributed by atoms with Gasteiger partial charge in [-0.1, -0.05) is 24.3 Å². The van der Waals surface area contributed by atoms with Gasteiger partial charge < -0.3 is 4.74 Å². The number of rotatable bonds is 7. The SMILES string of the molecule is C=CCC(F)(F)CCCOC(=O)c1ccccc1. The predicted molar refractivity (Wildman–Crippen MR) is 65.7 cm³/mol. The fourth-order valence-corrected chi connectivity index (χ4v) is 1.47. The van der Waals surface area contributed by atoms with Gasteiger partial charge in [0.05, 0.1) is 12.2 Å². The van der Waals surface area contributed by atoms with Crippen LogP contribution in [-0.4, -0.2) is 18.5 Å². The average molecular weight is 254 g/mol. The highest BCUT2D eigenvalue weighted by Crippen LogP contribution is 2.24. The van der Waals surface area contributed by atoms with E-state index in [9.17, 15) is 13.6 Å². The van der Waals surface area contributed by atoms with Gasteiger partial charge in [0.15, 0.2) is 0 Å². The van der Waals surface area contributed by atoms with Gasteiger partial charge in [-0.15, -0.1) is 6.58 Å². The van der Waals surface area contributed by atoms with Crippen LogP contribution < -0.4 is 0 Å². The van der Waals surface area contributed by atoms with Gasteiger partial charge in [-0.05, 0) is 18.6 Å². The minimum Gasteiger partial charge on any atom is -0.462 e. The molecular weight excluding hydrogens is 238 g/mol. The number of hydrogen-bond donors (Lipinski definition) is 0. The van der Waals surface area contributed by atoms with E-state index in [1.165, 1.54) is 6.08 Å². The number of ether oxygens (including phenoxy) is 1. The number of carbonyl (C=O) groups is 1. The van der Waals surface area contributed by atoms with Gasteiger partial charge in [0.25, 0.3) is 5.92 Å². The molecule has 98 valence electrons. The summed E-state index contributed by atoms with van der Waals surface area (Å²) in [4.78, 5) is 11.5. The number of benzene rings is 1. The van der Waals surface area contributed by atoms with Crippen molar-refractivity contribution in [2.75, 3.05) is 6.61 Å². The van der Waals surface area contributed by atoms with Crippen LogP contribution in [0.15, 0.2) is 43.0 Å². The molecule has 1 aromatic carbocycles. The number of halogens is 2. The fraction of sp³-hybridized carbons (Fsp3) is 0.357. The highest BCUT2D eigenvalue weighted by molar-refractivity contribution is 5.89. The molecule has 1 rings (SSSR count). The van der Waals surface area contributed by atoms with Crippen LogP contribution in [0, 0.1) is 0 Å². The maximum atomic E-state index is 13.1. The van der Waals surface area contributed by atoms with Crippen LogP contribution in [0.1, 0.15) is 29.6 Å². The molecular formula is C14H16F2O2. The van der Waals surface area contributed by atoms with Crippen LogP contribution in [0.4, 0.5) is 8.78 Å². The summed E-state index contributed by atoms with van der Waals surface area (Å²) in [5, 5.41) is 0. The second-order valence-electron chi connectivity index (χ2n) is 3.95. The largest absolute Gasteiger partial charge is 0.462 e. The molecule has 4 heteroatoms. The van der Waals surface area contributed by atoms with Gasteiger partial charge in [-0.2, -0.15) is 0 Å². The van der Waals surface area contributed by atoms with Crippen LogP contribution in [-0.2, 0) is 4.74 Å². The van der Waals surface area contributed by atoms with E-state index in [0.29, 0.717) is 5.56 Å². The Kier molecular flexibility index (Phi) is 5.49. The number of alkyl halides is 2. The standard InChI is InChI=1S/C14H16F2O2/c1-2-9-14(15,16)10-6-11-18-13(17)12-7-4-3-5-8-12/h2-5,7-8H,1,6,9-11H2. The lowest BCUT2D eigenvalue weighted by molar-refractivity contribution is -0.0126. The Labute approximate surface area is 105 Å². The Balaban J connectivity index is 2.26. The first kappa shape index (κ1) is 14.4. The summed E-state index contributed by atoms with van der Waals surface area (Å²) in [5.74, 6) is -3.25. The maximum absolute atomic E-state index is 13.1. The number of esters is 1.